The zero-order chi connectivity index (χ0) is 18.0. The molecule has 4 N–H and O–H groups in total. The van der Waals surface area contributed by atoms with Gasteiger partial charge in [-0.15, -0.1) is 5.11 Å². The molecule has 2 aromatic carbocycles. The van der Waals surface area contributed by atoms with Crippen LogP contribution in [0.25, 0.3) is 5.57 Å². The number of hydrogen-bond acceptors (Lipinski definition) is 4. The maximum atomic E-state index is 7.98. The first-order chi connectivity index (χ1) is 12.7. The normalized spacial score (nSPS) is 18.2. The molecular weight excluding hydrogens is 326 g/mol. The molecule has 0 amide bonds. The Morgan fingerprint density at radius 2 is 1.92 bits per heavy atom. The van der Waals surface area contributed by atoms with Crippen molar-refractivity contribution in [3.8, 4) is 5.75 Å². The first-order valence-corrected chi connectivity index (χ1v) is 8.73. The lowest BCUT2D eigenvalue weighted by Crippen LogP contribution is -2.46. The summed E-state index contributed by atoms with van der Waals surface area (Å²) < 4.78 is 6.42. The number of piperidine rings is 1. The number of fused-ring (bicyclic) bond motifs is 1. The van der Waals surface area contributed by atoms with Crippen LogP contribution in [0.2, 0.25) is 0 Å². The summed E-state index contributed by atoms with van der Waals surface area (Å²) >= 11 is 0. The van der Waals surface area contributed by atoms with Crippen molar-refractivity contribution in [3.63, 3.8) is 0 Å². The van der Waals surface area contributed by atoms with Gasteiger partial charge in [0.05, 0.1) is 0 Å². The highest BCUT2D eigenvalue weighted by Crippen LogP contribution is 2.42. The zero-order valence-corrected chi connectivity index (χ0v) is 14.4. The second kappa shape index (κ2) is 6.72. The second-order valence-corrected chi connectivity index (χ2v) is 6.62. The number of hydrogen-bond donors (Lipinski definition) is 3. The molecule has 1 saturated heterocycles. The van der Waals surface area contributed by atoms with E-state index in [0.29, 0.717) is 5.56 Å². The topological polar surface area (TPSA) is 95.9 Å². The van der Waals surface area contributed by atoms with E-state index in [9.17, 15) is 0 Å². The molecule has 0 aromatic heterocycles. The molecule has 26 heavy (non-hydrogen) atoms. The van der Waals surface area contributed by atoms with Gasteiger partial charge < -0.3 is 15.9 Å². The van der Waals surface area contributed by atoms with Gasteiger partial charge in [-0.25, -0.2) is 0 Å². The van der Waals surface area contributed by atoms with Crippen molar-refractivity contribution in [1.82, 2.24) is 5.32 Å². The number of nitrogens with zero attached hydrogens (tertiary/aromatic N) is 2. The van der Waals surface area contributed by atoms with Crippen LogP contribution in [0.5, 0.6) is 5.75 Å². The van der Waals surface area contributed by atoms with Crippen LogP contribution < -0.4 is 15.9 Å². The van der Waals surface area contributed by atoms with Crippen LogP contribution in [0.3, 0.4) is 0 Å². The number of amidine groups is 1. The number of nitrogens with one attached hydrogen (secondary N) is 2. The van der Waals surface area contributed by atoms with Crippen LogP contribution in [0.15, 0.2) is 64.9 Å². The fourth-order valence-electron chi connectivity index (χ4n) is 3.65. The maximum absolute atomic E-state index is 7.98. The van der Waals surface area contributed by atoms with Crippen molar-refractivity contribution in [2.75, 3.05) is 13.1 Å². The van der Waals surface area contributed by atoms with E-state index in [1.165, 1.54) is 0 Å². The van der Waals surface area contributed by atoms with Crippen LogP contribution >= 0.6 is 0 Å². The fraction of sp³-hybridized carbons (Fsp3) is 0.250. The van der Waals surface area contributed by atoms with Crippen molar-refractivity contribution >= 4 is 11.4 Å². The monoisotopic (exact) mass is 347 g/mol. The Labute approximate surface area is 152 Å². The van der Waals surface area contributed by atoms with Gasteiger partial charge in [0.15, 0.2) is 5.84 Å². The van der Waals surface area contributed by atoms with Crippen LogP contribution in [0.4, 0.5) is 0 Å². The van der Waals surface area contributed by atoms with Gasteiger partial charge in [0.1, 0.15) is 11.4 Å². The molecule has 0 saturated carbocycles. The van der Waals surface area contributed by atoms with Crippen LogP contribution in [0, 0.1) is 5.41 Å². The molecule has 6 nitrogen and oxygen atoms in total. The zero-order valence-electron chi connectivity index (χ0n) is 14.4. The van der Waals surface area contributed by atoms with Crippen LogP contribution in [-0.4, -0.2) is 24.5 Å². The Balaban J connectivity index is 1.82. The van der Waals surface area contributed by atoms with E-state index in [0.717, 1.165) is 48.4 Å². The predicted molar refractivity (Wildman–Crippen MR) is 101 cm³/mol. The van der Waals surface area contributed by atoms with Gasteiger partial charge in [-0.2, -0.15) is 0 Å². The smallest absolute Gasteiger partial charge is 0.176 e. The molecule has 6 heteroatoms. The molecular formula is C20H21N5O. The summed E-state index contributed by atoms with van der Waals surface area (Å²) in [4.78, 5) is 0. The third-order valence-corrected chi connectivity index (χ3v) is 4.95. The molecule has 0 aliphatic carbocycles. The highest BCUT2D eigenvalue weighted by Gasteiger charge is 2.36. The van der Waals surface area contributed by atoms with Crippen LogP contribution in [0.1, 0.15) is 29.5 Å². The van der Waals surface area contributed by atoms with Crippen molar-refractivity contribution in [3.05, 3.63) is 71.3 Å². The molecule has 0 atom stereocenters. The van der Waals surface area contributed by atoms with E-state index in [1.807, 2.05) is 36.4 Å². The quantitative estimate of drug-likeness (QED) is 0.256. The average Bonchev–Trinajstić information content (AvgIpc) is 2.68. The summed E-state index contributed by atoms with van der Waals surface area (Å²) in [5.41, 5.74) is 3.64. The van der Waals surface area contributed by atoms with Gasteiger partial charge in [-0.3, -0.25) is 5.41 Å². The standard InChI is InChI=1S/C20H21N5O/c21-19(24-25-22)15-5-3-4-14(12-15)17-13-20(8-10-23-11-9-20)26-18-7-2-1-6-16(17)18/h1-7,12-13,23H,8-11H2,(H3,21,22,24). The number of rotatable bonds is 2. The van der Waals surface area contributed by atoms with E-state index in [-0.39, 0.29) is 11.4 Å². The van der Waals surface area contributed by atoms with E-state index in [1.54, 1.807) is 0 Å². The van der Waals surface area contributed by atoms with Gasteiger partial charge in [-0.1, -0.05) is 41.6 Å². The van der Waals surface area contributed by atoms with Crippen molar-refractivity contribution in [2.45, 2.75) is 18.4 Å². The molecule has 2 heterocycles. The summed E-state index contributed by atoms with van der Waals surface area (Å²) in [6, 6.07) is 15.9. The Bertz CT molecular complexity index is 897. The molecule has 1 spiro atoms. The van der Waals surface area contributed by atoms with Crippen molar-refractivity contribution in [2.24, 2.45) is 16.2 Å². The summed E-state index contributed by atoms with van der Waals surface area (Å²) in [5.74, 6) is 6.05. The maximum Gasteiger partial charge on any atom is 0.176 e. The first kappa shape index (κ1) is 16.5. The Kier molecular flexibility index (Phi) is 4.26. The molecule has 0 radical (unpaired) electrons. The highest BCUT2D eigenvalue weighted by atomic mass is 16.5. The molecule has 0 unspecified atom stereocenters. The van der Waals surface area contributed by atoms with Gasteiger partial charge in [0.25, 0.3) is 0 Å². The molecule has 1 fully saturated rings. The SMILES string of the molecule is N=C(N=NN)c1cccc(C2=CC3(CCNCC3)Oc3ccccc32)c1. The minimum absolute atomic E-state index is 0.0480. The molecule has 132 valence electrons. The molecule has 0 bridgehead atoms. The van der Waals surface area contributed by atoms with Gasteiger partial charge in [0.2, 0.25) is 0 Å². The third-order valence-electron chi connectivity index (χ3n) is 4.95. The van der Waals surface area contributed by atoms with Gasteiger partial charge in [0, 0.05) is 24.0 Å². The van der Waals surface area contributed by atoms with E-state index in [2.05, 4.69) is 33.9 Å². The highest BCUT2D eigenvalue weighted by molar-refractivity contribution is 5.98. The second-order valence-electron chi connectivity index (χ2n) is 6.62. The Hall–Kier alpha value is -2.99. The lowest BCUT2D eigenvalue weighted by molar-refractivity contribution is 0.0817. The lowest BCUT2D eigenvalue weighted by Gasteiger charge is -2.40. The number of para-hydroxylation sites is 1. The first-order valence-electron chi connectivity index (χ1n) is 8.73. The van der Waals surface area contributed by atoms with Gasteiger partial charge in [-0.05, 0) is 42.4 Å². The van der Waals surface area contributed by atoms with Crippen LogP contribution in [-0.2, 0) is 0 Å². The minimum atomic E-state index is -0.282. The van der Waals surface area contributed by atoms with Crippen molar-refractivity contribution in [1.29, 1.82) is 5.41 Å². The minimum Gasteiger partial charge on any atom is -0.482 e. The summed E-state index contributed by atoms with van der Waals surface area (Å²) in [7, 11) is 0. The van der Waals surface area contributed by atoms with Gasteiger partial charge >= 0.3 is 0 Å². The average molecular weight is 347 g/mol. The third kappa shape index (κ3) is 2.99. The Morgan fingerprint density at radius 3 is 2.73 bits per heavy atom. The van der Waals surface area contributed by atoms with E-state index in [4.69, 9.17) is 16.0 Å². The summed E-state index contributed by atoms with van der Waals surface area (Å²) in [6.07, 6.45) is 4.12. The molecule has 2 aliphatic rings. The van der Waals surface area contributed by atoms with E-state index >= 15 is 0 Å². The molecule has 2 aromatic rings. The summed E-state index contributed by atoms with van der Waals surface area (Å²) in [5, 5.41) is 18.2. The molecule has 2 aliphatic heterocycles. The van der Waals surface area contributed by atoms with Crippen molar-refractivity contribution < 1.29 is 4.74 Å². The number of benzene rings is 2. The predicted octanol–water partition coefficient (Wildman–Crippen LogP) is 3.28. The number of nitrogens with two attached hydrogens (primary N) is 1. The summed E-state index contributed by atoms with van der Waals surface area (Å²) in [6.45, 7) is 1.88. The molecule has 4 rings (SSSR count). The largest absolute Gasteiger partial charge is 0.482 e. The van der Waals surface area contributed by atoms with E-state index < -0.39 is 0 Å². The Morgan fingerprint density at radius 1 is 1.12 bits per heavy atom. The number of ether oxygens (including phenoxy) is 1. The fourth-order valence-corrected chi connectivity index (χ4v) is 3.65. The lowest BCUT2D eigenvalue weighted by atomic mass is 9.83.